The van der Waals surface area contributed by atoms with Gasteiger partial charge in [0.25, 0.3) is 0 Å². The van der Waals surface area contributed by atoms with Crippen LogP contribution in [0.4, 0.5) is 5.82 Å². The van der Waals surface area contributed by atoms with E-state index in [0.717, 1.165) is 78.8 Å². The van der Waals surface area contributed by atoms with Crippen LogP contribution < -0.4 is 11.1 Å². The Morgan fingerprint density at radius 2 is 2.00 bits per heavy atom. The number of aromatic nitrogens is 5. The van der Waals surface area contributed by atoms with E-state index in [0.29, 0.717) is 5.82 Å². The summed E-state index contributed by atoms with van der Waals surface area (Å²) < 4.78 is 3.92. The van der Waals surface area contributed by atoms with Gasteiger partial charge in [-0.05, 0) is 42.6 Å². The molecule has 4 heterocycles. The summed E-state index contributed by atoms with van der Waals surface area (Å²) in [5.74, 6) is 0.471. The Morgan fingerprint density at radius 3 is 2.86 bits per heavy atom. The third kappa shape index (κ3) is 4.93. The molecule has 0 spiro atoms. The van der Waals surface area contributed by atoms with E-state index in [2.05, 4.69) is 75.0 Å². The van der Waals surface area contributed by atoms with Gasteiger partial charge < -0.3 is 21.1 Å². The van der Waals surface area contributed by atoms with Crippen molar-refractivity contribution in [2.75, 3.05) is 38.5 Å². The van der Waals surface area contributed by atoms with Crippen molar-refractivity contribution in [3.05, 3.63) is 78.4 Å². The molecule has 0 radical (unpaired) electrons. The van der Waals surface area contributed by atoms with Gasteiger partial charge >= 0.3 is 0 Å². The minimum Gasteiger partial charge on any atom is -0.395 e. The predicted octanol–water partition coefficient (Wildman–Crippen LogP) is 2.58. The Labute approximate surface area is 215 Å². The van der Waals surface area contributed by atoms with Crippen LogP contribution in [0.3, 0.4) is 0 Å². The Kier molecular flexibility index (Phi) is 6.57. The van der Waals surface area contributed by atoms with Gasteiger partial charge in [0.1, 0.15) is 11.8 Å². The van der Waals surface area contributed by atoms with E-state index >= 15 is 0 Å². The van der Waals surface area contributed by atoms with Crippen LogP contribution in [-0.2, 0) is 13.0 Å². The number of benzene rings is 2. The van der Waals surface area contributed by atoms with E-state index in [1.165, 1.54) is 11.9 Å². The third-order valence-electron chi connectivity index (χ3n) is 7.18. The van der Waals surface area contributed by atoms with E-state index in [9.17, 15) is 5.11 Å². The van der Waals surface area contributed by atoms with Crippen molar-refractivity contribution in [3.8, 4) is 11.1 Å². The number of nitrogens with zero attached hydrogens (tertiary/aromatic N) is 6. The molecule has 3 aromatic heterocycles. The number of rotatable bonds is 8. The number of hydrogen-bond acceptors (Lipinski definition) is 7. The number of nitrogens with two attached hydrogens (primary N) is 1. The highest BCUT2D eigenvalue weighted by molar-refractivity contribution is 5.92. The van der Waals surface area contributed by atoms with Crippen molar-refractivity contribution < 1.29 is 5.11 Å². The molecule has 1 aliphatic rings. The number of anilines is 1. The van der Waals surface area contributed by atoms with Crippen LogP contribution in [0.15, 0.2) is 67.1 Å². The second-order valence-corrected chi connectivity index (χ2v) is 9.78. The molecular formula is C28H32N8O. The number of nitrogens with one attached hydrogen (secondary N) is 1. The van der Waals surface area contributed by atoms with Gasteiger partial charge in [0, 0.05) is 48.5 Å². The first-order chi connectivity index (χ1) is 18.2. The highest BCUT2D eigenvalue weighted by Gasteiger charge is 2.19. The topological polar surface area (TPSA) is 110 Å². The van der Waals surface area contributed by atoms with Crippen LogP contribution in [0.5, 0.6) is 0 Å². The van der Waals surface area contributed by atoms with Gasteiger partial charge in [0.15, 0.2) is 5.82 Å². The molecule has 6 rings (SSSR count). The van der Waals surface area contributed by atoms with E-state index in [1.54, 1.807) is 0 Å². The van der Waals surface area contributed by atoms with Crippen LogP contribution in [-0.4, -0.2) is 73.2 Å². The Morgan fingerprint density at radius 1 is 1.11 bits per heavy atom. The largest absolute Gasteiger partial charge is 0.395 e. The van der Waals surface area contributed by atoms with Gasteiger partial charge in [-0.1, -0.05) is 42.5 Å². The van der Waals surface area contributed by atoms with Gasteiger partial charge in [-0.15, -0.1) is 0 Å². The van der Waals surface area contributed by atoms with Gasteiger partial charge in [-0.2, -0.15) is 10.2 Å². The quantitative estimate of drug-likeness (QED) is 0.303. The third-order valence-corrected chi connectivity index (χ3v) is 7.18. The van der Waals surface area contributed by atoms with Gasteiger partial charge in [0.05, 0.1) is 18.7 Å². The van der Waals surface area contributed by atoms with Crippen molar-refractivity contribution in [2.24, 2.45) is 0 Å². The van der Waals surface area contributed by atoms with Gasteiger partial charge in [0.2, 0.25) is 0 Å². The fourth-order valence-electron chi connectivity index (χ4n) is 5.32. The summed E-state index contributed by atoms with van der Waals surface area (Å²) in [6.07, 6.45) is 5.48. The maximum absolute atomic E-state index is 9.48. The zero-order valence-electron chi connectivity index (χ0n) is 20.8. The average Bonchev–Trinajstić information content (AvgIpc) is 3.50. The summed E-state index contributed by atoms with van der Waals surface area (Å²) in [5.41, 5.74) is 12.5. The van der Waals surface area contributed by atoms with Crippen LogP contribution >= 0.6 is 0 Å². The van der Waals surface area contributed by atoms with Crippen molar-refractivity contribution >= 4 is 22.2 Å². The maximum atomic E-state index is 9.48. The van der Waals surface area contributed by atoms with Crippen molar-refractivity contribution in [1.82, 2.24) is 34.6 Å². The Balaban J connectivity index is 1.26. The molecule has 0 aliphatic carbocycles. The number of fused-ring (bicyclic) bond motifs is 2. The number of hydrogen-bond donors (Lipinski definition) is 3. The molecule has 1 saturated heterocycles. The minimum absolute atomic E-state index is 0.160. The van der Waals surface area contributed by atoms with Crippen molar-refractivity contribution in [2.45, 2.75) is 25.4 Å². The normalized spacial score (nSPS) is 16.6. The minimum atomic E-state index is 0.160. The van der Waals surface area contributed by atoms with E-state index in [1.807, 2.05) is 15.3 Å². The van der Waals surface area contributed by atoms with Crippen LogP contribution in [0.25, 0.3) is 27.5 Å². The molecule has 1 atom stereocenters. The number of nitrogen functional groups attached to an aromatic ring is 1. The fourth-order valence-corrected chi connectivity index (χ4v) is 5.32. The average molecular weight is 497 g/mol. The molecule has 9 heteroatoms. The van der Waals surface area contributed by atoms with E-state index in [-0.39, 0.29) is 12.6 Å². The summed E-state index contributed by atoms with van der Waals surface area (Å²) in [4.78, 5) is 6.69. The van der Waals surface area contributed by atoms with E-state index < -0.39 is 0 Å². The first-order valence-corrected chi connectivity index (χ1v) is 12.9. The molecule has 1 fully saturated rings. The lowest BCUT2D eigenvalue weighted by Gasteiger charge is -2.32. The predicted molar refractivity (Wildman–Crippen MR) is 145 cm³/mol. The van der Waals surface area contributed by atoms with Gasteiger partial charge in [-0.25, -0.2) is 9.50 Å². The lowest BCUT2D eigenvalue weighted by molar-refractivity contribution is 0.147. The van der Waals surface area contributed by atoms with Gasteiger partial charge in [-0.3, -0.25) is 4.68 Å². The maximum Gasteiger partial charge on any atom is 0.151 e. The molecule has 1 unspecified atom stereocenters. The van der Waals surface area contributed by atoms with E-state index in [4.69, 9.17) is 10.8 Å². The molecule has 0 saturated carbocycles. The highest BCUT2D eigenvalue weighted by atomic mass is 16.3. The molecule has 1 aliphatic heterocycles. The molecule has 0 bridgehead atoms. The molecule has 190 valence electrons. The summed E-state index contributed by atoms with van der Waals surface area (Å²) in [5, 5.41) is 23.3. The number of aliphatic hydroxyl groups excluding tert-OH is 1. The fraction of sp³-hybridized carbons (Fsp3) is 0.321. The molecular weight excluding hydrogens is 464 g/mol. The lowest BCUT2D eigenvalue weighted by Crippen LogP contribution is -2.52. The zero-order chi connectivity index (χ0) is 25.2. The summed E-state index contributed by atoms with van der Waals surface area (Å²) >= 11 is 0. The second-order valence-electron chi connectivity index (χ2n) is 9.78. The van der Waals surface area contributed by atoms with Crippen molar-refractivity contribution in [1.29, 1.82) is 0 Å². The molecule has 0 amide bonds. The van der Waals surface area contributed by atoms with Crippen LogP contribution in [0.1, 0.15) is 17.7 Å². The Bertz CT molecular complexity index is 1510. The van der Waals surface area contributed by atoms with Crippen LogP contribution in [0.2, 0.25) is 0 Å². The Hall–Kier alpha value is -3.79. The highest BCUT2D eigenvalue weighted by Crippen LogP contribution is 2.32. The van der Waals surface area contributed by atoms with Crippen molar-refractivity contribution in [3.63, 3.8) is 0 Å². The smallest absolute Gasteiger partial charge is 0.151 e. The number of piperazine rings is 1. The zero-order valence-corrected chi connectivity index (χ0v) is 20.8. The lowest BCUT2D eigenvalue weighted by atomic mass is 10.0. The number of aliphatic hydroxyl groups is 1. The summed E-state index contributed by atoms with van der Waals surface area (Å²) in [6.45, 7) is 4.68. The first-order valence-electron chi connectivity index (χ1n) is 12.9. The van der Waals surface area contributed by atoms with Crippen LogP contribution in [0, 0.1) is 0 Å². The standard InChI is InChI=1S/C28H32N8O/c29-28-27-25(21-8-9-22-16-35(33-26(22)13-21)15-20-5-2-1-3-6-20)14-24(36(27)32-19-31-28)7-4-11-34-12-10-30-23(17-34)18-37/h1-3,5-6,8-9,13-14,16,19,23,30,37H,4,7,10-12,15,17-18H2,(H2,29,31,32). The molecule has 9 nitrogen and oxygen atoms in total. The number of aryl methyl sites for hydroxylation is 1. The molecule has 37 heavy (non-hydrogen) atoms. The summed E-state index contributed by atoms with van der Waals surface area (Å²) in [7, 11) is 0. The monoisotopic (exact) mass is 496 g/mol. The second kappa shape index (κ2) is 10.3. The first kappa shape index (κ1) is 23.6. The molecule has 4 N–H and O–H groups in total. The summed E-state index contributed by atoms with van der Waals surface area (Å²) in [6, 6.07) is 19.1. The SMILES string of the molecule is Nc1ncnn2c(CCCN3CCNC(CO)C3)cc(-c3ccc4cn(Cc5ccccc5)nc4c3)c12. The molecule has 2 aromatic carbocycles. The molecule has 5 aromatic rings.